The van der Waals surface area contributed by atoms with Crippen molar-refractivity contribution in [3.05, 3.63) is 190 Å². The summed E-state index contributed by atoms with van der Waals surface area (Å²) < 4.78 is 15.5. The third-order valence-corrected chi connectivity index (χ3v) is 9.57. The largest absolute Gasteiger partial charge is 0.478 e. The maximum atomic E-state index is 12.5. The van der Waals surface area contributed by atoms with Crippen molar-refractivity contribution in [1.82, 2.24) is 9.97 Å². The van der Waals surface area contributed by atoms with Gasteiger partial charge in [-0.05, 0) is 107 Å². The lowest BCUT2D eigenvalue weighted by atomic mass is 10.0. The van der Waals surface area contributed by atoms with Gasteiger partial charge in [0.25, 0.3) is 17.0 Å². The van der Waals surface area contributed by atoms with Gasteiger partial charge in [-0.15, -0.1) is 0 Å². The zero-order valence-corrected chi connectivity index (χ0v) is 34.1. The molecular formula is C49H47FN6O5. The second-order valence-electron chi connectivity index (χ2n) is 14.0. The molecule has 2 aromatic heterocycles. The molecule has 12 heteroatoms. The topological polar surface area (TPSA) is 165 Å². The summed E-state index contributed by atoms with van der Waals surface area (Å²) in [5.74, 6) is -1.04. The van der Waals surface area contributed by atoms with Gasteiger partial charge >= 0.3 is 5.97 Å². The molecule has 0 fully saturated rings. The number of alkyl halides is 1. The van der Waals surface area contributed by atoms with Gasteiger partial charge in [-0.1, -0.05) is 60.7 Å². The number of fused-ring (bicyclic) bond motifs is 2. The average Bonchev–Trinajstić information content (AvgIpc) is 3.28. The van der Waals surface area contributed by atoms with Crippen molar-refractivity contribution in [2.24, 2.45) is 0 Å². The Kier molecular flexibility index (Phi) is 14.4. The van der Waals surface area contributed by atoms with E-state index < -0.39 is 13.1 Å². The van der Waals surface area contributed by atoms with Crippen LogP contribution in [-0.2, 0) is 0 Å². The number of nitrogens with two attached hydrogens (primary N) is 1. The number of halogens is 1. The minimum absolute atomic E-state index is 0.0650. The second-order valence-corrected chi connectivity index (χ2v) is 14.0. The number of H-pyrrole nitrogens is 2. The molecule has 2 heterocycles. The molecule has 1 amide bonds. The van der Waals surface area contributed by atoms with E-state index in [9.17, 15) is 23.6 Å². The van der Waals surface area contributed by atoms with Crippen molar-refractivity contribution in [1.29, 1.82) is 0 Å². The number of hydrogen-bond acceptors (Lipinski definition) is 7. The van der Waals surface area contributed by atoms with Gasteiger partial charge in [-0.2, -0.15) is 0 Å². The number of nitrogens with one attached hydrogen (secondary N) is 3. The van der Waals surface area contributed by atoms with Crippen LogP contribution in [0.4, 0.5) is 27.1 Å². The first-order valence-electron chi connectivity index (χ1n) is 19.6. The number of rotatable bonds is 7. The van der Waals surface area contributed by atoms with Gasteiger partial charge in [0.2, 0.25) is 0 Å². The van der Waals surface area contributed by atoms with Crippen LogP contribution in [-0.4, -0.2) is 62.3 Å². The van der Waals surface area contributed by atoms with Crippen LogP contribution >= 0.6 is 0 Å². The summed E-state index contributed by atoms with van der Waals surface area (Å²) in [5, 5.41) is 14.7. The highest BCUT2D eigenvalue weighted by Crippen LogP contribution is 2.28. The number of nitrogen functional groups attached to an aromatic ring is 1. The molecule has 8 aromatic rings. The Morgan fingerprint density at radius 1 is 0.590 bits per heavy atom. The second kappa shape index (κ2) is 20.6. The molecule has 0 saturated carbocycles. The molecule has 0 spiro atoms. The third kappa shape index (κ3) is 11.1. The Morgan fingerprint density at radius 2 is 0.967 bits per heavy atom. The normalized spacial score (nSPS) is 10.4. The van der Waals surface area contributed by atoms with E-state index in [2.05, 4.69) is 15.3 Å². The van der Waals surface area contributed by atoms with Gasteiger partial charge < -0.3 is 35.9 Å². The van der Waals surface area contributed by atoms with E-state index in [1.54, 1.807) is 36.7 Å². The summed E-state index contributed by atoms with van der Waals surface area (Å²) in [6.45, 7) is 0. The molecule has 310 valence electrons. The average molecular weight is 820 g/mol. The lowest BCUT2D eigenvalue weighted by molar-refractivity contribution is 0.0696. The number of pyridine rings is 2. The fraction of sp³-hybridized carbons (Fsp3) is 0.102. The molecule has 61 heavy (non-hydrogen) atoms. The predicted molar refractivity (Wildman–Crippen MR) is 248 cm³/mol. The first-order chi connectivity index (χ1) is 29.8. The molecule has 6 aromatic carbocycles. The first kappa shape index (κ1) is 42.6. The number of aromatic nitrogens is 2. The Bertz CT molecular complexity index is 2860. The molecule has 8 rings (SSSR count). The van der Waals surface area contributed by atoms with Crippen LogP contribution in [0.25, 0.3) is 43.8 Å². The van der Waals surface area contributed by atoms with Gasteiger partial charge in [0.05, 0.1) is 14.1 Å². The molecule has 0 bridgehead atoms. The number of aromatic amines is 2. The predicted octanol–water partition coefficient (Wildman–Crippen LogP) is 9.33. The number of carbonyl (C=O) groups excluding carboxylic acids is 1. The number of benzene rings is 6. The zero-order valence-electron chi connectivity index (χ0n) is 35.1. The SMILES string of the molecule is CN(C)c1ccc(C(=O)Nc2ccc(-c3c[nH]c(=O)c4ccccc34)cc2)cc1.CN(C)c1ccc(C(=O)O)cc1.Nc1ccc(-c2c[nH]c(=O)c3ccccc23)cc1.[2H]CF. The lowest BCUT2D eigenvalue weighted by Gasteiger charge is -2.13. The highest BCUT2D eigenvalue weighted by atomic mass is 19.1. The minimum Gasteiger partial charge on any atom is -0.478 e. The molecule has 0 saturated heterocycles. The van der Waals surface area contributed by atoms with Crippen molar-refractivity contribution >= 4 is 56.2 Å². The summed E-state index contributed by atoms with van der Waals surface area (Å²) in [6, 6.07) is 44.5. The monoisotopic (exact) mass is 819 g/mol. The van der Waals surface area contributed by atoms with Crippen LogP contribution < -0.4 is 32.0 Å². The number of anilines is 4. The minimum atomic E-state index is -1.00. The Hall–Kier alpha value is -7.99. The van der Waals surface area contributed by atoms with E-state index in [4.69, 9.17) is 12.2 Å². The summed E-state index contributed by atoms with van der Waals surface area (Å²) in [6.07, 6.45) is 3.47. The van der Waals surface area contributed by atoms with Crippen molar-refractivity contribution in [2.75, 3.05) is 56.2 Å². The van der Waals surface area contributed by atoms with Crippen molar-refractivity contribution in [3.63, 3.8) is 0 Å². The highest BCUT2D eigenvalue weighted by molar-refractivity contribution is 6.05. The summed E-state index contributed by atoms with van der Waals surface area (Å²) in [4.78, 5) is 56.2. The number of aromatic carboxylic acids is 1. The summed E-state index contributed by atoms with van der Waals surface area (Å²) >= 11 is 0. The van der Waals surface area contributed by atoms with Crippen molar-refractivity contribution in [2.45, 2.75) is 0 Å². The smallest absolute Gasteiger partial charge is 0.335 e. The molecular weight excluding hydrogens is 772 g/mol. The number of amides is 1. The standard InChI is InChI=1S/C24H21N3O2.C15H12N2O.C9H11NO2.CH3F/c1-27(2)19-13-9-17(10-14-19)23(28)26-18-11-7-16(8-12-18)22-15-25-24(29)21-6-4-3-5-20(21)22;16-11-7-5-10(6-8-11)14-9-17-15(18)13-4-2-1-3-12(13)14;1-10(2)8-5-3-7(4-6-8)9(11)12;1-2/h3-15H,1-2H3,(H,25,29)(H,26,28);1-9H,16H2,(H,17,18);3-6H,1-2H3,(H,11,12);1H3/i;;;1D. The van der Waals surface area contributed by atoms with Crippen molar-refractivity contribution < 1.29 is 20.5 Å². The maximum Gasteiger partial charge on any atom is 0.335 e. The molecule has 0 radical (unpaired) electrons. The third-order valence-electron chi connectivity index (χ3n) is 9.57. The van der Waals surface area contributed by atoms with Gasteiger partial charge in [0.15, 0.2) is 0 Å². The molecule has 6 N–H and O–H groups in total. The number of hydrogen-bond donors (Lipinski definition) is 5. The fourth-order valence-corrected chi connectivity index (χ4v) is 6.31. The summed E-state index contributed by atoms with van der Waals surface area (Å²) in [5.41, 5.74) is 13.9. The highest BCUT2D eigenvalue weighted by Gasteiger charge is 2.10. The molecule has 0 aliphatic heterocycles. The molecule has 0 aliphatic carbocycles. The summed E-state index contributed by atoms with van der Waals surface area (Å²) in [7, 11) is 6.75. The van der Waals surface area contributed by atoms with Crippen LogP contribution in [0.3, 0.4) is 0 Å². The molecule has 0 aliphatic rings. The van der Waals surface area contributed by atoms with E-state index >= 15 is 0 Å². The number of nitrogens with zero attached hydrogens (tertiary/aromatic N) is 2. The van der Waals surface area contributed by atoms with Crippen LogP contribution in [0.1, 0.15) is 22.1 Å². The molecule has 0 atom stereocenters. The van der Waals surface area contributed by atoms with E-state index in [0.29, 0.717) is 27.6 Å². The number of carboxylic acid groups (broad SMARTS) is 1. The van der Waals surface area contributed by atoms with Crippen LogP contribution in [0, 0.1) is 0 Å². The van der Waals surface area contributed by atoms with Crippen LogP contribution in [0.5, 0.6) is 0 Å². The van der Waals surface area contributed by atoms with Gasteiger partial charge in [-0.25, -0.2) is 4.79 Å². The molecule has 11 nitrogen and oxygen atoms in total. The Balaban J connectivity index is 0.000000187. The van der Waals surface area contributed by atoms with Gasteiger partial charge in [-0.3, -0.25) is 18.8 Å². The van der Waals surface area contributed by atoms with Crippen LogP contribution in [0.15, 0.2) is 168 Å². The van der Waals surface area contributed by atoms with Gasteiger partial charge in [0, 0.05) is 90.8 Å². The Labute approximate surface area is 354 Å². The lowest BCUT2D eigenvalue weighted by Crippen LogP contribution is -2.13. The Morgan fingerprint density at radius 3 is 1.36 bits per heavy atom. The first-order valence-corrected chi connectivity index (χ1v) is 18.9. The number of carbonyl (C=O) groups is 2. The maximum absolute atomic E-state index is 12.5. The van der Waals surface area contributed by atoms with Crippen LogP contribution in [0.2, 0.25) is 0 Å². The zero-order chi connectivity index (χ0) is 44.8. The van der Waals surface area contributed by atoms with Gasteiger partial charge in [0.1, 0.15) is 0 Å². The van der Waals surface area contributed by atoms with E-state index in [-0.39, 0.29) is 17.0 Å². The number of carboxylic acids is 1. The van der Waals surface area contributed by atoms with E-state index in [0.717, 1.165) is 50.1 Å². The van der Waals surface area contributed by atoms with Crippen molar-refractivity contribution in [3.8, 4) is 22.3 Å². The van der Waals surface area contributed by atoms with E-state index in [1.807, 2.05) is 159 Å². The quantitative estimate of drug-likeness (QED) is 0.0994. The molecule has 0 unspecified atom stereocenters. The van der Waals surface area contributed by atoms with E-state index in [1.165, 1.54) is 0 Å². The fourth-order valence-electron chi connectivity index (χ4n) is 6.31.